The van der Waals surface area contributed by atoms with Gasteiger partial charge < -0.3 is 24.6 Å². The monoisotopic (exact) mass is 535 g/mol. The summed E-state index contributed by atoms with van der Waals surface area (Å²) in [7, 11) is 1.39. The Balaban J connectivity index is 1.32. The minimum Gasteiger partial charge on any atom is -0.382 e. The van der Waals surface area contributed by atoms with Gasteiger partial charge in [0.05, 0.1) is 36.7 Å². The summed E-state index contributed by atoms with van der Waals surface area (Å²) in [5.74, 6) is 0.641. The van der Waals surface area contributed by atoms with E-state index in [0.717, 1.165) is 24.9 Å². The number of methoxy groups -OCH3 is 1. The molecular formula is C24H28F3N7O4. The number of likely N-dealkylation sites (tertiary alicyclic amines) is 1. The van der Waals surface area contributed by atoms with Gasteiger partial charge in [0.15, 0.2) is 0 Å². The van der Waals surface area contributed by atoms with E-state index >= 15 is 0 Å². The number of hydrogen-bond donors (Lipinski definition) is 2. The normalized spacial score (nSPS) is 19.4. The Morgan fingerprint density at radius 1 is 1.18 bits per heavy atom. The summed E-state index contributed by atoms with van der Waals surface area (Å²) >= 11 is 0. The number of ether oxygens (including phenoxy) is 2. The lowest BCUT2D eigenvalue weighted by Crippen LogP contribution is -2.47. The third-order valence-electron chi connectivity index (χ3n) is 6.66. The molecule has 0 bridgehead atoms. The smallest absolute Gasteiger partial charge is 0.382 e. The maximum atomic E-state index is 13.4. The number of alkyl halides is 3. The Morgan fingerprint density at radius 2 is 1.95 bits per heavy atom. The van der Waals surface area contributed by atoms with Crippen LogP contribution in [0.5, 0.6) is 0 Å². The second-order valence-electron chi connectivity index (χ2n) is 9.16. The number of carbonyl (C=O) groups excluding carboxylic acids is 1. The number of halogens is 3. The van der Waals surface area contributed by atoms with Gasteiger partial charge in [-0.25, -0.2) is 10.1 Å². The van der Waals surface area contributed by atoms with E-state index in [0.29, 0.717) is 31.6 Å². The molecule has 2 fully saturated rings. The average molecular weight is 536 g/mol. The summed E-state index contributed by atoms with van der Waals surface area (Å²) in [6.45, 7) is 1.83. The van der Waals surface area contributed by atoms with E-state index in [-0.39, 0.29) is 25.2 Å². The molecular weight excluding hydrogens is 507 g/mol. The first-order valence-corrected chi connectivity index (χ1v) is 12.1. The molecule has 4 rings (SSSR count). The summed E-state index contributed by atoms with van der Waals surface area (Å²) in [5, 5.41) is 16.8. The maximum Gasteiger partial charge on any atom is 0.423 e. The highest BCUT2D eigenvalue weighted by Gasteiger charge is 2.39. The molecule has 0 aromatic carbocycles. The number of pyridine rings is 1. The number of piperidine rings is 1. The predicted octanol–water partition coefficient (Wildman–Crippen LogP) is 1.77. The Hall–Kier alpha value is -3.70. The SMILES string of the molecule is COC[C@@H](CO[C@H]1CCN(C2CCN(c3ccc(C#N)cn3)CC2)C1=O)Nc1cn[nH]c(=O)c1C(F)(F)F. The van der Waals surface area contributed by atoms with Crippen molar-refractivity contribution in [2.45, 2.75) is 43.6 Å². The molecule has 204 valence electrons. The number of nitriles is 1. The first kappa shape index (κ1) is 27.3. The maximum absolute atomic E-state index is 13.4. The van der Waals surface area contributed by atoms with Gasteiger partial charge in [0.1, 0.15) is 23.6 Å². The second-order valence-corrected chi connectivity index (χ2v) is 9.16. The van der Waals surface area contributed by atoms with E-state index in [4.69, 9.17) is 14.7 Å². The molecule has 2 aliphatic heterocycles. The number of nitrogens with zero attached hydrogens (tertiary/aromatic N) is 5. The fraction of sp³-hybridized carbons (Fsp3) is 0.542. The van der Waals surface area contributed by atoms with Crippen LogP contribution in [-0.2, 0) is 20.4 Å². The fourth-order valence-corrected chi connectivity index (χ4v) is 4.81. The van der Waals surface area contributed by atoms with Gasteiger partial charge in [0.25, 0.3) is 11.5 Å². The van der Waals surface area contributed by atoms with E-state index in [2.05, 4.69) is 20.3 Å². The minimum atomic E-state index is -4.88. The Morgan fingerprint density at radius 3 is 2.58 bits per heavy atom. The largest absolute Gasteiger partial charge is 0.423 e. The Kier molecular flexibility index (Phi) is 8.48. The lowest BCUT2D eigenvalue weighted by Gasteiger charge is -2.37. The van der Waals surface area contributed by atoms with Crippen LogP contribution in [0.2, 0.25) is 0 Å². The molecule has 0 unspecified atom stereocenters. The van der Waals surface area contributed by atoms with Crippen LogP contribution in [0.15, 0.2) is 29.3 Å². The molecule has 2 aromatic heterocycles. The fourth-order valence-electron chi connectivity index (χ4n) is 4.81. The Labute approximate surface area is 216 Å². The van der Waals surface area contributed by atoms with Crippen molar-refractivity contribution in [3.63, 3.8) is 0 Å². The van der Waals surface area contributed by atoms with Crippen LogP contribution in [0.3, 0.4) is 0 Å². The van der Waals surface area contributed by atoms with Crippen molar-refractivity contribution in [1.29, 1.82) is 5.26 Å². The topological polar surface area (TPSA) is 136 Å². The van der Waals surface area contributed by atoms with Crippen molar-refractivity contribution in [2.75, 3.05) is 50.2 Å². The highest BCUT2D eigenvalue weighted by atomic mass is 19.4. The first-order valence-electron chi connectivity index (χ1n) is 12.1. The molecule has 1 amide bonds. The molecule has 2 atom stereocenters. The molecule has 2 aliphatic rings. The number of aromatic amines is 1. The molecule has 2 N–H and O–H groups in total. The predicted molar refractivity (Wildman–Crippen MR) is 129 cm³/mol. The van der Waals surface area contributed by atoms with Crippen LogP contribution in [0.1, 0.15) is 30.4 Å². The number of hydrogen-bond acceptors (Lipinski definition) is 9. The summed E-state index contributed by atoms with van der Waals surface area (Å²) in [6.07, 6.45) is -1.20. The molecule has 4 heterocycles. The molecule has 38 heavy (non-hydrogen) atoms. The van der Waals surface area contributed by atoms with Gasteiger partial charge in [-0.15, -0.1) is 0 Å². The third-order valence-corrected chi connectivity index (χ3v) is 6.66. The molecule has 2 saturated heterocycles. The van der Waals surface area contributed by atoms with Gasteiger partial charge in [-0.1, -0.05) is 0 Å². The van der Waals surface area contributed by atoms with Crippen molar-refractivity contribution >= 4 is 17.4 Å². The number of rotatable bonds is 9. The van der Waals surface area contributed by atoms with Crippen LogP contribution < -0.4 is 15.8 Å². The number of amides is 1. The molecule has 0 spiro atoms. The van der Waals surface area contributed by atoms with E-state index in [9.17, 15) is 22.8 Å². The van der Waals surface area contributed by atoms with Gasteiger partial charge in [-0.2, -0.15) is 23.5 Å². The number of aromatic nitrogens is 3. The van der Waals surface area contributed by atoms with Gasteiger partial charge >= 0.3 is 6.18 Å². The zero-order valence-corrected chi connectivity index (χ0v) is 20.7. The first-order chi connectivity index (χ1) is 18.2. The third kappa shape index (κ3) is 6.22. The van der Waals surface area contributed by atoms with Gasteiger partial charge in [-0.05, 0) is 25.0 Å². The molecule has 0 aliphatic carbocycles. The summed E-state index contributed by atoms with van der Waals surface area (Å²) in [4.78, 5) is 33.1. The standard InChI is InChI=1S/C24H28F3N7O4/c1-37-13-16(31-18-12-30-32-22(35)21(18)24(25,26)27)14-38-19-6-9-34(23(19)36)17-4-7-33(8-5-17)20-3-2-15(10-28)11-29-20/h2-3,11-12,16-17,19H,4-9,13-14H2,1H3,(H2,31,32,35)/t16-,19-/m0/s1. The van der Waals surface area contributed by atoms with Crippen molar-refractivity contribution in [3.8, 4) is 6.07 Å². The number of H-pyrrole nitrogens is 1. The zero-order chi connectivity index (χ0) is 27.3. The minimum absolute atomic E-state index is 0.0173. The van der Waals surface area contributed by atoms with Gasteiger partial charge in [-0.3, -0.25) is 9.59 Å². The van der Waals surface area contributed by atoms with Crippen LogP contribution in [0, 0.1) is 11.3 Å². The molecule has 14 heteroatoms. The van der Waals surface area contributed by atoms with E-state index < -0.39 is 35.1 Å². The van der Waals surface area contributed by atoms with Crippen molar-refractivity contribution in [3.05, 3.63) is 46.0 Å². The van der Waals surface area contributed by atoms with Crippen LogP contribution >= 0.6 is 0 Å². The van der Waals surface area contributed by atoms with Crippen LogP contribution in [0.25, 0.3) is 0 Å². The zero-order valence-electron chi connectivity index (χ0n) is 20.7. The number of carbonyl (C=O) groups is 1. The summed E-state index contributed by atoms with van der Waals surface area (Å²) < 4.78 is 51.1. The van der Waals surface area contributed by atoms with Gasteiger partial charge in [0.2, 0.25) is 0 Å². The van der Waals surface area contributed by atoms with Gasteiger partial charge in [0, 0.05) is 45.4 Å². The summed E-state index contributed by atoms with van der Waals surface area (Å²) in [6, 6.07) is 4.88. The van der Waals surface area contributed by atoms with Crippen molar-refractivity contribution in [1.82, 2.24) is 20.1 Å². The van der Waals surface area contributed by atoms with Crippen molar-refractivity contribution < 1.29 is 27.4 Å². The lowest BCUT2D eigenvalue weighted by molar-refractivity contribution is -0.139. The van der Waals surface area contributed by atoms with E-state index in [1.807, 2.05) is 17.0 Å². The highest BCUT2D eigenvalue weighted by molar-refractivity contribution is 5.83. The molecule has 2 aromatic rings. The number of anilines is 2. The van der Waals surface area contributed by atoms with E-state index in [1.165, 1.54) is 13.3 Å². The Bertz CT molecular complexity index is 1210. The second kappa shape index (κ2) is 11.8. The summed E-state index contributed by atoms with van der Waals surface area (Å²) in [5.41, 5.74) is -2.74. The molecule has 11 nitrogen and oxygen atoms in total. The van der Waals surface area contributed by atoms with Crippen molar-refractivity contribution in [2.24, 2.45) is 0 Å². The van der Waals surface area contributed by atoms with E-state index in [1.54, 1.807) is 11.2 Å². The quantitative estimate of drug-likeness (QED) is 0.492. The van der Waals surface area contributed by atoms with Crippen LogP contribution in [-0.4, -0.2) is 84.1 Å². The lowest BCUT2D eigenvalue weighted by atomic mass is 10.0. The average Bonchev–Trinajstić information content (AvgIpc) is 3.27. The number of nitrogens with one attached hydrogen (secondary N) is 2. The molecule has 0 radical (unpaired) electrons. The highest BCUT2D eigenvalue weighted by Crippen LogP contribution is 2.32. The van der Waals surface area contributed by atoms with Crippen LogP contribution in [0.4, 0.5) is 24.7 Å². The molecule has 0 saturated carbocycles.